The van der Waals surface area contributed by atoms with E-state index in [1.807, 2.05) is 121 Å². The van der Waals surface area contributed by atoms with E-state index < -0.39 is 27.9 Å². The van der Waals surface area contributed by atoms with Gasteiger partial charge in [-0.1, -0.05) is 121 Å². The van der Waals surface area contributed by atoms with Crippen molar-refractivity contribution in [3.8, 4) is 0 Å². The summed E-state index contributed by atoms with van der Waals surface area (Å²) >= 11 is 0. The largest absolute Gasteiger partial charge is 0.396 e. The van der Waals surface area contributed by atoms with E-state index in [1.54, 1.807) is 0 Å². The topological polar surface area (TPSA) is 82.1 Å². The van der Waals surface area contributed by atoms with Gasteiger partial charge in [0, 0.05) is 6.61 Å². The molecule has 0 aliphatic carbocycles. The molecule has 210 valence electrons. The molecule has 4 rings (SSSR count). The zero-order valence-corrected chi connectivity index (χ0v) is 23.5. The fraction of sp³-hybridized carbons (Fsp3) is 0.273. The van der Waals surface area contributed by atoms with Crippen LogP contribution in [-0.4, -0.2) is 45.2 Å². The quantitative estimate of drug-likeness (QED) is 0.148. The van der Waals surface area contributed by atoms with E-state index in [-0.39, 0.29) is 19.8 Å². The number of rotatable bonds is 15. The van der Waals surface area contributed by atoms with Crippen molar-refractivity contribution in [3.63, 3.8) is 0 Å². The summed E-state index contributed by atoms with van der Waals surface area (Å²) in [6.07, 6.45) is 0.230. The Kier molecular flexibility index (Phi) is 10.6. The minimum atomic E-state index is -3.86. The highest BCUT2D eigenvalue weighted by Gasteiger charge is 2.39. The molecule has 1 N–H and O–H groups in total. The van der Waals surface area contributed by atoms with Gasteiger partial charge < -0.3 is 14.6 Å². The zero-order valence-electron chi connectivity index (χ0n) is 22.6. The fourth-order valence-corrected chi connectivity index (χ4v) is 5.47. The van der Waals surface area contributed by atoms with E-state index in [0.717, 1.165) is 28.5 Å². The van der Waals surface area contributed by atoms with Crippen LogP contribution in [0.4, 0.5) is 0 Å². The highest BCUT2D eigenvalue weighted by molar-refractivity contribution is 7.86. The van der Waals surface area contributed by atoms with Crippen LogP contribution in [-0.2, 0) is 36.0 Å². The molecule has 0 saturated heterocycles. The lowest BCUT2D eigenvalue weighted by Crippen LogP contribution is -2.42. The summed E-state index contributed by atoms with van der Waals surface area (Å²) in [4.78, 5) is 0. The lowest BCUT2D eigenvalue weighted by atomic mass is 9.80. The van der Waals surface area contributed by atoms with Gasteiger partial charge in [0.05, 0.1) is 25.6 Å². The molecule has 6 nitrogen and oxygen atoms in total. The first kappa shape index (κ1) is 29.6. The molecule has 0 bridgehead atoms. The van der Waals surface area contributed by atoms with Gasteiger partial charge in [0.1, 0.15) is 11.7 Å². The Bertz CT molecular complexity index is 1280. The van der Waals surface area contributed by atoms with Crippen molar-refractivity contribution in [1.82, 2.24) is 0 Å². The monoisotopic (exact) mass is 560 g/mol. The van der Waals surface area contributed by atoms with E-state index in [1.165, 1.54) is 0 Å². The Labute approximate surface area is 237 Å². The molecule has 0 aliphatic rings. The zero-order chi connectivity index (χ0) is 28.3. The van der Waals surface area contributed by atoms with Crippen LogP contribution in [0.3, 0.4) is 0 Å². The van der Waals surface area contributed by atoms with Gasteiger partial charge in [-0.05, 0) is 35.1 Å². The average Bonchev–Trinajstić information content (AvgIpc) is 2.98. The first-order valence-corrected chi connectivity index (χ1v) is 15.2. The predicted molar refractivity (Wildman–Crippen MR) is 156 cm³/mol. The molecule has 2 atom stereocenters. The maximum atomic E-state index is 12.4. The normalized spacial score (nSPS) is 13.6. The van der Waals surface area contributed by atoms with E-state index in [2.05, 4.69) is 0 Å². The minimum Gasteiger partial charge on any atom is -0.396 e. The average molecular weight is 561 g/mol. The van der Waals surface area contributed by atoms with Gasteiger partial charge in [0.25, 0.3) is 10.1 Å². The third-order valence-corrected chi connectivity index (χ3v) is 7.27. The Hall–Kier alpha value is -3.33. The van der Waals surface area contributed by atoms with Gasteiger partial charge in [-0.3, -0.25) is 4.18 Å². The second kappa shape index (κ2) is 14.3. The summed E-state index contributed by atoms with van der Waals surface area (Å²) in [6, 6.07) is 39.2. The Morgan fingerprint density at radius 2 is 1.15 bits per heavy atom. The number of ether oxygens (including phenoxy) is 2. The summed E-state index contributed by atoms with van der Waals surface area (Å²) in [7, 11) is -3.86. The second-order valence-electron chi connectivity index (χ2n) is 9.63. The standard InChI is InChI=1S/C33H36O6S/c1-40(35,36)39-32(31(23-14-24-34)37-25-27-15-6-2-7-16-27)26-38-33(28-17-8-3-9-18-28,29-19-10-4-11-20-29)30-21-12-5-13-22-30/h2-13,15-22,31-32,34H,14,23-26H2,1H3/t31-,32-/m0/s1. The highest BCUT2D eigenvalue weighted by Crippen LogP contribution is 2.41. The summed E-state index contributed by atoms with van der Waals surface area (Å²) in [5.41, 5.74) is 2.57. The van der Waals surface area contributed by atoms with Crippen molar-refractivity contribution in [3.05, 3.63) is 144 Å². The molecule has 0 radical (unpaired) electrons. The van der Waals surface area contributed by atoms with Gasteiger partial charge in [-0.15, -0.1) is 0 Å². The van der Waals surface area contributed by atoms with Crippen molar-refractivity contribution in [2.75, 3.05) is 19.5 Å². The third-order valence-electron chi connectivity index (χ3n) is 6.67. The predicted octanol–water partition coefficient (Wildman–Crippen LogP) is 5.70. The molecule has 0 amide bonds. The molecule has 0 aliphatic heterocycles. The number of hydrogen-bond acceptors (Lipinski definition) is 6. The van der Waals surface area contributed by atoms with Crippen molar-refractivity contribution in [1.29, 1.82) is 0 Å². The fourth-order valence-electron chi connectivity index (χ4n) is 4.84. The Morgan fingerprint density at radius 3 is 1.57 bits per heavy atom. The number of aliphatic hydroxyl groups is 1. The molecule has 40 heavy (non-hydrogen) atoms. The van der Waals surface area contributed by atoms with Gasteiger partial charge in [0.2, 0.25) is 0 Å². The molecule has 0 spiro atoms. The first-order valence-electron chi connectivity index (χ1n) is 13.4. The van der Waals surface area contributed by atoms with E-state index >= 15 is 0 Å². The van der Waals surface area contributed by atoms with Crippen molar-refractivity contribution < 1.29 is 27.2 Å². The van der Waals surface area contributed by atoms with Crippen LogP contribution in [0.2, 0.25) is 0 Å². The van der Waals surface area contributed by atoms with Crippen LogP contribution >= 0.6 is 0 Å². The molecular weight excluding hydrogens is 524 g/mol. The highest BCUT2D eigenvalue weighted by atomic mass is 32.2. The summed E-state index contributed by atoms with van der Waals surface area (Å²) in [6.45, 7) is 0.123. The Morgan fingerprint density at radius 1 is 0.700 bits per heavy atom. The van der Waals surface area contributed by atoms with Crippen LogP contribution in [0.5, 0.6) is 0 Å². The second-order valence-corrected chi connectivity index (χ2v) is 11.2. The lowest BCUT2D eigenvalue weighted by Gasteiger charge is -2.38. The van der Waals surface area contributed by atoms with E-state index in [9.17, 15) is 13.5 Å². The van der Waals surface area contributed by atoms with E-state index in [4.69, 9.17) is 13.7 Å². The van der Waals surface area contributed by atoms with Gasteiger partial charge in [-0.25, -0.2) is 0 Å². The van der Waals surface area contributed by atoms with Gasteiger partial charge in [-0.2, -0.15) is 8.42 Å². The molecular formula is C33H36O6S. The first-order chi connectivity index (χ1) is 19.4. The molecule has 0 heterocycles. The third kappa shape index (κ3) is 7.87. The molecule has 0 fully saturated rings. The smallest absolute Gasteiger partial charge is 0.264 e. The molecule has 0 aromatic heterocycles. The summed E-state index contributed by atoms with van der Waals surface area (Å²) < 4.78 is 43.6. The molecule has 4 aromatic rings. The summed E-state index contributed by atoms with van der Waals surface area (Å²) in [5.74, 6) is 0. The maximum Gasteiger partial charge on any atom is 0.264 e. The Balaban J connectivity index is 1.74. The van der Waals surface area contributed by atoms with Gasteiger partial charge >= 0.3 is 0 Å². The molecule has 4 aromatic carbocycles. The van der Waals surface area contributed by atoms with Crippen LogP contribution in [0.15, 0.2) is 121 Å². The number of aliphatic hydroxyl groups excluding tert-OH is 1. The molecule has 7 heteroatoms. The van der Waals surface area contributed by atoms with Gasteiger partial charge in [0.15, 0.2) is 0 Å². The SMILES string of the molecule is CS(=O)(=O)O[C@@H](COC(c1ccccc1)(c1ccccc1)c1ccccc1)[C@H](CCCO)OCc1ccccc1. The van der Waals surface area contributed by atoms with Crippen LogP contribution in [0.25, 0.3) is 0 Å². The van der Waals surface area contributed by atoms with Crippen LogP contribution in [0.1, 0.15) is 35.1 Å². The lowest BCUT2D eigenvalue weighted by molar-refractivity contribution is -0.0946. The number of hydrogen-bond donors (Lipinski definition) is 1. The molecule has 0 unspecified atom stereocenters. The minimum absolute atomic E-state index is 0.0559. The van der Waals surface area contributed by atoms with Crippen molar-refractivity contribution in [2.45, 2.75) is 37.3 Å². The maximum absolute atomic E-state index is 12.4. The van der Waals surface area contributed by atoms with E-state index in [0.29, 0.717) is 12.8 Å². The van der Waals surface area contributed by atoms with Crippen molar-refractivity contribution in [2.24, 2.45) is 0 Å². The van der Waals surface area contributed by atoms with Crippen LogP contribution in [0, 0.1) is 0 Å². The summed E-state index contributed by atoms with van der Waals surface area (Å²) in [5, 5.41) is 9.57. The molecule has 0 saturated carbocycles. The van der Waals surface area contributed by atoms with Crippen LogP contribution < -0.4 is 0 Å². The number of benzene rings is 4. The van der Waals surface area contributed by atoms with Crippen molar-refractivity contribution >= 4 is 10.1 Å².